The van der Waals surface area contributed by atoms with E-state index in [0.29, 0.717) is 6.61 Å². The van der Waals surface area contributed by atoms with Gasteiger partial charge >= 0.3 is 0 Å². The van der Waals surface area contributed by atoms with Crippen LogP contribution in [0.25, 0.3) is 0 Å². The summed E-state index contributed by atoms with van der Waals surface area (Å²) in [5.41, 5.74) is 8.61. The fourth-order valence-electron chi connectivity index (χ4n) is 2.26. The van der Waals surface area contributed by atoms with E-state index in [1.54, 1.807) is 18.2 Å². The average Bonchev–Trinajstić information content (AvgIpc) is 2.60. The lowest BCUT2D eigenvalue weighted by Crippen LogP contribution is -2.27. The molecule has 0 aromatic heterocycles. The minimum absolute atomic E-state index is 0. The van der Waals surface area contributed by atoms with E-state index in [1.807, 2.05) is 31.2 Å². The Hall–Kier alpha value is -1.69. The second-order valence-corrected chi connectivity index (χ2v) is 7.50. The van der Waals surface area contributed by atoms with Crippen LogP contribution < -0.4 is 15.8 Å². The molecule has 2 aromatic rings. The molecule has 4 N–H and O–H groups in total. The summed E-state index contributed by atoms with van der Waals surface area (Å²) in [6.45, 7) is 2.79. The van der Waals surface area contributed by atoms with Crippen molar-refractivity contribution < 1.29 is 13.2 Å². The lowest BCUT2D eigenvalue weighted by Gasteiger charge is -2.08. The molecule has 0 saturated carbocycles. The third-order valence-corrected chi connectivity index (χ3v) is 4.99. The number of rotatable bonds is 8. The smallest absolute Gasteiger partial charge is 0.240 e. The van der Waals surface area contributed by atoms with Gasteiger partial charge in [-0.2, -0.15) is 0 Å². The minimum atomic E-state index is -3.57. The molecule has 0 spiro atoms. The van der Waals surface area contributed by atoms with E-state index in [2.05, 4.69) is 15.0 Å². The van der Waals surface area contributed by atoms with Crippen LogP contribution in [0.1, 0.15) is 11.1 Å². The number of hydrogen-bond donors (Lipinski definition) is 3. The SMILES string of the molecule is COCCNS(=O)(=O)c1cccc(CN=C(N)Nc2cccc(C)c2)c1.I. The number of anilines is 1. The molecule has 2 rings (SSSR count). The fourth-order valence-corrected chi connectivity index (χ4v) is 3.34. The molecule has 0 aliphatic carbocycles. The van der Waals surface area contributed by atoms with Crippen molar-refractivity contribution >= 4 is 45.6 Å². The van der Waals surface area contributed by atoms with Gasteiger partial charge in [-0.25, -0.2) is 18.1 Å². The first-order valence-electron chi connectivity index (χ1n) is 8.12. The van der Waals surface area contributed by atoms with Crippen molar-refractivity contribution in [1.82, 2.24) is 4.72 Å². The number of ether oxygens (including phenoxy) is 1. The Morgan fingerprint density at radius 3 is 2.63 bits per heavy atom. The Labute approximate surface area is 177 Å². The van der Waals surface area contributed by atoms with Crippen molar-refractivity contribution in [2.75, 3.05) is 25.6 Å². The number of methoxy groups -OCH3 is 1. The van der Waals surface area contributed by atoms with Crippen LogP contribution in [-0.4, -0.2) is 34.6 Å². The molecule has 0 aliphatic heterocycles. The topological polar surface area (TPSA) is 106 Å². The molecule has 0 heterocycles. The molecule has 0 radical (unpaired) electrons. The summed E-state index contributed by atoms with van der Waals surface area (Å²) in [5.74, 6) is 0.266. The monoisotopic (exact) mass is 504 g/mol. The van der Waals surface area contributed by atoms with Gasteiger partial charge in [0.1, 0.15) is 0 Å². The number of aliphatic imine (C=N–C) groups is 1. The summed E-state index contributed by atoms with van der Waals surface area (Å²) >= 11 is 0. The molecule has 9 heteroatoms. The third kappa shape index (κ3) is 7.83. The second-order valence-electron chi connectivity index (χ2n) is 5.73. The molecule has 0 bridgehead atoms. The number of benzene rings is 2. The van der Waals surface area contributed by atoms with Gasteiger partial charge in [0.2, 0.25) is 10.0 Å². The van der Waals surface area contributed by atoms with E-state index in [0.717, 1.165) is 16.8 Å². The fraction of sp³-hybridized carbons (Fsp3) is 0.278. The summed E-state index contributed by atoms with van der Waals surface area (Å²) in [5, 5.41) is 3.02. The Morgan fingerprint density at radius 2 is 1.93 bits per heavy atom. The predicted molar refractivity (Wildman–Crippen MR) is 119 cm³/mol. The van der Waals surface area contributed by atoms with E-state index in [1.165, 1.54) is 13.2 Å². The normalized spacial score (nSPS) is 11.7. The largest absolute Gasteiger partial charge is 0.383 e. The van der Waals surface area contributed by atoms with Crippen LogP contribution in [0.5, 0.6) is 0 Å². The molecule has 148 valence electrons. The van der Waals surface area contributed by atoms with Gasteiger partial charge in [0.05, 0.1) is 18.0 Å². The first-order valence-corrected chi connectivity index (χ1v) is 9.60. The van der Waals surface area contributed by atoms with Gasteiger partial charge in [0, 0.05) is 19.3 Å². The summed E-state index contributed by atoms with van der Waals surface area (Å²) in [6.07, 6.45) is 0. The summed E-state index contributed by atoms with van der Waals surface area (Å²) in [6, 6.07) is 14.4. The average molecular weight is 504 g/mol. The maximum Gasteiger partial charge on any atom is 0.240 e. The molecule has 0 fully saturated rings. The Bertz CT molecular complexity index is 872. The number of hydrogen-bond acceptors (Lipinski definition) is 4. The highest BCUT2D eigenvalue weighted by Crippen LogP contribution is 2.13. The molecule has 7 nitrogen and oxygen atoms in total. The number of nitrogens with zero attached hydrogens (tertiary/aromatic N) is 1. The van der Waals surface area contributed by atoms with Gasteiger partial charge < -0.3 is 15.8 Å². The number of guanidine groups is 1. The van der Waals surface area contributed by atoms with E-state index >= 15 is 0 Å². The molecule has 2 aromatic carbocycles. The van der Waals surface area contributed by atoms with Crippen molar-refractivity contribution in [3.05, 3.63) is 59.7 Å². The zero-order valence-electron chi connectivity index (χ0n) is 15.3. The van der Waals surface area contributed by atoms with Crippen molar-refractivity contribution in [1.29, 1.82) is 0 Å². The van der Waals surface area contributed by atoms with E-state index in [-0.39, 0.29) is 47.9 Å². The quantitative estimate of drug-likeness (QED) is 0.222. The number of halogens is 1. The van der Waals surface area contributed by atoms with Crippen molar-refractivity contribution in [2.24, 2.45) is 10.7 Å². The lowest BCUT2D eigenvalue weighted by molar-refractivity contribution is 0.204. The maximum absolute atomic E-state index is 12.2. The van der Waals surface area contributed by atoms with Crippen molar-refractivity contribution in [3.63, 3.8) is 0 Å². The molecule has 27 heavy (non-hydrogen) atoms. The third-order valence-electron chi connectivity index (χ3n) is 3.53. The van der Waals surface area contributed by atoms with E-state index in [4.69, 9.17) is 10.5 Å². The molecular formula is C18H25IN4O3S. The van der Waals surface area contributed by atoms with Crippen LogP contribution >= 0.6 is 24.0 Å². The van der Waals surface area contributed by atoms with Crippen LogP contribution in [0.2, 0.25) is 0 Å². The maximum atomic E-state index is 12.2. The van der Waals surface area contributed by atoms with Gasteiger partial charge in [0.25, 0.3) is 0 Å². The zero-order chi connectivity index (χ0) is 19.0. The Morgan fingerprint density at radius 1 is 1.19 bits per heavy atom. The molecule has 0 amide bonds. The van der Waals surface area contributed by atoms with Gasteiger partial charge in [-0.15, -0.1) is 24.0 Å². The highest BCUT2D eigenvalue weighted by Gasteiger charge is 2.13. The van der Waals surface area contributed by atoms with Crippen molar-refractivity contribution in [3.8, 4) is 0 Å². The predicted octanol–water partition coefficient (Wildman–Crippen LogP) is 2.46. The van der Waals surface area contributed by atoms with Gasteiger partial charge in [-0.3, -0.25) is 0 Å². The van der Waals surface area contributed by atoms with Gasteiger partial charge in [-0.05, 0) is 42.3 Å². The number of sulfonamides is 1. The van der Waals surface area contributed by atoms with Crippen LogP contribution in [0.4, 0.5) is 5.69 Å². The van der Waals surface area contributed by atoms with E-state index in [9.17, 15) is 8.42 Å². The molecule has 0 atom stereocenters. The minimum Gasteiger partial charge on any atom is -0.383 e. The summed E-state index contributed by atoms with van der Waals surface area (Å²) < 4.78 is 31.8. The number of nitrogens with two attached hydrogens (primary N) is 1. The van der Waals surface area contributed by atoms with Gasteiger partial charge in [0.15, 0.2) is 5.96 Å². The highest BCUT2D eigenvalue weighted by atomic mass is 127. The molecule has 0 unspecified atom stereocenters. The highest BCUT2D eigenvalue weighted by molar-refractivity contribution is 14.0. The Balaban J connectivity index is 0.00000364. The summed E-state index contributed by atoms with van der Waals surface area (Å²) in [4.78, 5) is 4.45. The van der Waals surface area contributed by atoms with E-state index < -0.39 is 10.0 Å². The van der Waals surface area contributed by atoms with Crippen LogP contribution in [0.15, 0.2) is 58.4 Å². The first-order chi connectivity index (χ1) is 12.4. The number of aryl methyl sites for hydroxylation is 1. The first kappa shape index (κ1) is 23.3. The Kier molecular flexibility index (Phi) is 9.70. The van der Waals surface area contributed by atoms with Crippen LogP contribution in [-0.2, 0) is 21.3 Å². The molecule has 0 aliphatic rings. The van der Waals surface area contributed by atoms with Gasteiger partial charge in [-0.1, -0.05) is 24.3 Å². The summed E-state index contributed by atoms with van der Waals surface area (Å²) in [7, 11) is -2.06. The molecule has 0 saturated heterocycles. The van der Waals surface area contributed by atoms with Crippen molar-refractivity contribution in [2.45, 2.75) is 18.4 Å². The zero-order valence-corrected chi connectivity index (χ0v) is 18.5. The molecular weight excluding hydrogens is 479 g/mol. The number of nitrogens with one attached hydrogen (secondary N) is 2. The van der Waals surface area contributed by atoms with Crippen LogP contribution in [0.3, 0.4) is 0 Å². The van der Waals surface area contributed by atoms with Crippen LogP contribution in [0, 0.1) is 6.92 Å². The standard InChI is InChI=1S/C18H24N4O3S.HI/c1-14-5-3-7-16(11-14)22-18(19)20-13-15-6-4-8-17(12-15)26(23,24)21-9-10-25-2;/h3-8,11-12,21H,9-10,13H2,1-2H3,(H3,19,20,22);1H. The second kappa shape index (κ2) is 11.2. The lowest BCUT2D eigenvalue weighted by atomic mass is 10.2.